The van der Waals surface area contributed by atoms with Gasteiger partial charge < -0.3 is 16.0 Å². The van der Waals surface area contributed by atoms with Crippen LogP contribution >= 0.6 is 0 Å². The zero-order valence-corrected chi connectivity index (χ0v) is 21.2. The molecule has 3 aromatic rings. The molecule has 1 amide bonds. The third-order valence-corrected chi connectivity index (χ3v) is 6.18. The fourth-order valence-electron chi connectivity index (χ4n) is 4.29. The molecule has 1 saturated carbocycles. The lowest BCUT2D eigenvalue weighted by Crippen LogP contribution is -2.43. The number of hydrogen-bond acceptors (Lipinski definition) is 6. The zero-order valence-electron chi connectivity index (χ0n) is 21.2. The molecule has 10 heteroatoms. The molecule has 1 aliphatic rings. The maximum Gasteiger partial charge on any atom is 0.330 e. The quantitative estimate of drug-likeness (QED) is 0.376. The van der Waals surface area contributed by atoms with Crippen LogP contribution in [0.5, 0.6) is 0 Å². The zero-order chi connectivity index (χ0) is 25.8. The third kappa shape index (κ3) is 5.69. The molecule has 0 atom stereocenters. The largest absolute Gasteiger partial charge is 0.383 e. The highest BCUT2D eigenvalue weighted by molar-refractivity contribution is 5.94. The Bertz CT molecular complexity index is 1320. The van der Waals surface area contributed by atoms with Crippen LogP contribution in [0.3, 0.4) is 0 Å². The van der Waals surface area contributed by atoms with E-state index in [9.17, 15) is 14.4 Å². The van der Waals surface area contributed by atoms with Gasteiger partial charge in [-0.1, -0.05) is 45.4 Å². The molecule has 1 fully saturated rings. The van der Waals surface area contributed by atoms with Crippen LogP contribution in [0.1, 0.15) is 58.1 Å². The van der Waals surface area contributed by atoms with E-state index in [-0.39, 0.29) is 29.9 Å². The summed E-state index contributed by atoms with van der Waals surface area (Å²) in [5.74, 6) is 0.915. The average molecular weight is 494 g/mol. The first kappa shape index (κ1) is 25.3. The van der Waals surface area contributed by atoms with Crippen molar-refractivity contribution in [3.63, 3.8) is 0 Å². The van der Waals surface area contributed by atoms with Crippen molar-refractivity contribution in [1.29, 1.82) is 0 Å². The predicted octanol–water partition coefficient (Wildman–Crippen LogP) is 3.08. The number of H-pyrrole nitrogens is 1. The van der Waals surface area contributed by atoms with Crippen LogP contribution in [0, 0.1) is 5.92 Å². The van der Waals surface area contributed by atoms with Gasteiger partial charge in [-0.3, -0.25) is 19.1 Å². The fourth-order valence-corrected chi connectivity index (χ4v) is 4.29. The van der Waals surface area contributed by atoms with Gasteiger partial charge in [-0.15, -0.1) is 0 Å². The number of nitrogens with two attached hydrogens (primary N) is 1. The van der Waals surface area contributed by atoms with Crippen LogP contribution in [0.4, 0.5) is 17.3 Å². The van der Waals surface area contributed by atoms with Gasteiger partial charge in [0, 0.05) is 25.1 Å². The van der Waals surface area contributed by atoms with Gasteiger partial charge >= 0.3 is 5.69 Å². The fraction of sp³-hybridized carbons (Fsp3) is 0.462. The highest BCUT2D eigenvalue weighted by atomic mass is 16.2. The molecule has 0 radical (unpaired) electrons. The summed E-state index contributed by atoms with van der Waals surface area (Å²) >= 11 is 0. The molecule has 4 N–H and O–H groups in total. The molecule has 1 aliphatic carbocycles. The normalized spacial score (nSPS) is 13.2. The van der Waals surface area contributed by atoms with E-state index < -0.39 is 11.2 Å². The van der Waals surface area contributed by atoms with Crippen LogP contribution in [-0.2, 0) is 11.3 Å². The van der Waals surface area contributed by atoms with Crippen molar-refractivity contribution in [1.82, 2.24) is 19.3 Å². The highest BCUT2D eigenvalue weighted by Crippen LogP contribution is 2.40. The monoisotopic (exact) mass is 493 g/mol. The van der Waals surface area contributed by atoms with E-state index in [1.807, 2.05) is 57.2 Å². The first-order valence-electron chi connectivity index (χ1n) is 12.6. The van der Waals surface area contributed by atoms with Gasteiger partial charge in [0.2, 0.25) is 5.91 Å². The summed E-state index contributed by atoms with van der Waals surface area (Å²) < 4.78 is 3.11. The average Bonchev–Trinajstić information content (AvgIpc) is 3.59. The minimum Gasteiger partial charge on any atom is -0.383 e. The molecule has 2 heterocycles. The van der Waals surface area contributed by atoms with Gasteiger partial charge in [0.15, 0.2) is 0 Å². The minimum atomic E-state index is -0.593. The van der Waals surface area contributed by atoms with E-state index in [2.05, 4.69) is 10.3 Å². The molecule has 36 heavy (non-hydrogen) atoms. The van der Waals surface area contributed by atoms with Crippen molar-refractivity contribution in [2.75, 3.05) is 29.0 Å². The molecule has 0 saturated heterocycles. The lowest BCUT2D eigenvalue weighted by atomic mass is 10.2. The SMILES string of the molecule is CCCCn1c(N)c(N(CC(=O)Nc2cc(C3CC3)nn2-c2ccccc2)CC(C)C)c(=O)[nH]c1=O. The summed E-state index contributed by atoms with van der Waals surface area (Å²) in [6.45, 7) is 6.71. The van der Waals surface area contributed by atoms with Gasteiger partial charge in [-0.25, -0.2) is 9.48 Å². The number of aromatic amines is 1. The number of rotatable bonds is 11. The number of unbranched alkanes of at least 4 members (excludes halogenated alkanes) is 1. The Kier molecular flexibility index (Phi) is 7.61. The number of carbonyl (C=O) groups excluding carboxylic acids is 1. The number of para-hydroxylation sites is 1. The topological polar surface area (TPSA) is 131 Å². The second kappa shape index (κ2) is 10.8. The second-order valence-corrected chi connectivity index (χ2v) is 9.80. The number of nitrogens with zero attached hydrogens (tertiary/aromatic N) is 4. The second-order valence-electron chi connectivity index (χ2n) is 9.80. The van der Waals surface area contributed by atoms with Gasteiger partial charge in [0.05, 0.1) is 17.9 Å². The first-order valence-corrected chi connectivity index (χ1v) is 12.6. The third-order valence-electron chi connectivity index (χ3n) is 6.18. The Labute approximate surface area is 210 Å². The van der Waals surface area contributed by atoms with Gasteiger partial charge in [0.1, 0.15) is 17.3 Å². The number of anilines is 3. The van der Waals surface area contributed by atoms with Crippen molar-refractivity contribution < 1.29 is 4.79 Å². The van der Waals surface area contributed by atoms with Crippen molar-refractivity contribution in [3.8, 4) is 5.69 Å². The van der Waals surface area contributed by atoms with E-state index in [1.54, 1.807) is 9.58 Å². The minimum absolute atomic E-state index is 0.0796. The maximum atomic E-state index is 13.3. The van der Waals surface area contributed by atoms with Crippen molar-refractivity contribution in [2.45, 2.75) is 58.9 Å². The van der Waals surface area contributed by atoms with Crippen molar-refractivity contribution >= 4 is 23.2 Å². The van der Waals surface area contributed by atoms with E-state index in [4.69, 9.17) is 10.8 Å². The number of hydrogen-bond donors (Lipinski definition) is 3. The van der Waals surface area contributed by atoms with E-state index in [0.29, 0.717) is 24.8 Å². The number of amides is 1. The molecule has 192 valence electrons. The number of aromatic nitrogens is 4. The Morgan fingerprint density at radius 2 is 1.97 bits per heavy atom. The number of carbonyl (C=O) groups is 1. The lowest BCUT2D eigenvalue weighted by Gasteiger charge is -2.27. The van der Waals surface area contributed by atoms with Crippen molar-refractivity contribution in [2.24, 2.45) is 5.92 Å². The first-order chi connectivity index (χ1) is 17.3. The Morgan fingerprint density at radius 1 is 1.25 bits per heavy atom. The molecule has 4 rings (SSSR count). The molecule has 0 spiro atoms. The maximum absolute atomic E-state index is 13.3. The summed E-state index contributed by atoms with van der Waals surface area (Å²) in [6.07, 6.45) is 3.80. The molecule has 2 aromatic heterocycles. The molecule has 0 unspecified atom stereocenters. The molecular formula is C26H35N7O3. The Morgan fingerprint density at radius 3 is 2.61 bits per heavy atom. The Balaban J connectivity index is 1.63. The summed E-state index contributed by atoms with van der Waals surface area (Å²) in [4.78, 5) is 42.5. The van der Waals surface area contributed by atoms with Crippen LogP contribution in [0.25, 0.3) is 5.69 Å². The molecule has 0 aliphatic heterocycles. The standard InChI is InChI=1S/C26H35N7O3/c1-4-5-13-32-24(27)23(25(35)29-26(32)36)31(15-17(2)3)16-22(34)28-21-14-20(18-11-12-18)30-33(21)19-9-7-6-8-10-19/h6-10,14,17-18H,4-5,11-13,15-16,27H2,1-3H3,(H,28,34)(H,29,35,36). The molecule has 1 aromatic carbocycles. The highest BCUT2D eigenvalue weighted by Gasteiger charge is 2.28. The van der Waals surface area contributed by atoms with Crippen LogP contribution in [0.2, 0.25) is 0 Å². The van der Waals surface area contributed by atoms with E-state index in [0.717, 1.165) is 37.1 Å². The van der Waals surface area contributed by atoms with Crippen LogP contribution in [0.15, 0.2) is 46.0 Å². The van der Waals surface area contributed by atoms with Crippen molar-refractivity contribution in [3.05, 3.63) is 62.9 Å². The molecule has 10 nitrogen and oxygen atoms in total. The number of nitrogen functional groups attached to an aromatic ring is 1. The summed E-state index contributed by atoms with van der Waals surface area (Å²) in [6, 6.07) is 11.6. The smallest absolute Gasteiger partial charge is 0.330 e. The van der Waals surface area contributed by atoms with E-state index >= 15 is 0 Å². The van der Waals surface area contributed by atoms with E-state index in [1.165, 1.54) is 4.57 Å². The van der Waals surface area contributed by atoms with Crippen LogP contribution in [-0.4, -0.2) is 38.3 Å². The molecule has 0 bridgehead atoms. The summed E-state index contributed by atoms with van der Waals surface area (Å²) in [5.41, 5.74) is 7.15. The van der Waals surface area contributed by atoms with Gasteiger partial charge in [-0.05, 0) is 37.3 Å². The number of benzene rings is 1. The predicted molar refractivity (Wildman–Crippen MR) is 142 cm³/mol. The Hall–Kier alpha value is -3.82. The molecular weight excluding hydrogens is 458 g/mol. The van der Waals surface area contributed by atoms with Gasteiger partial charge in [0.25, 0.3) is 5.56 Å². The lowest BCUT2D eigenvalue weighted by molar-refractivity contribution is -0.115. The number of nitrogens with one attached hydrogen (secondary N) is 2. The summed E-state index contributed by atoms with van der Waals surface area (Å²) in [5, 5.41) is 7.72. The van der Waals surface area contributed by atoms with Crippen LogP contribution < -0.4 is 27.2 Å². The van der Waals surface area contributed by atoms with Gasteiger partial charge in [-0.2, -0.15) is 5.10 Å². The summed E-state index contributed by atoms with van der Waals surface area (Å²) in [7, 11) is 0.